The molecule has 0 atom stereocenters. The number of hydrogen-bond donors (Lipinski definition) is 0. The fraction of sp³-hybridized carbons (Fsp3) is 0.375. The Kier molecular flexibility index (Phi) is 5.02. The van der Waals surface area contributed by atoms with E-state index in [1.54, 1.807) is 6.07 Å². The molecule has 0 saturated heterocycles. The monoisotopic (exact) mass is 359 g/mol. The summed E-state index contributed by atoms with van der Waals surface area (Å²) in [5.74, 6) is 0.172. The van der Waals surface area contributed by atoms with Gasteiger partial charge >= 0.3 is 0 Å². The molecule has 3 rings (SSSR count). The zero-order chi connectivity index (χ0) is 19.8. The van der Waals surface area contributed by atoms with E-state index >= 15 is 0 Å². The molecule has 1 aliphatic carbocycles. The third-order valence-corrected chi connectivity index (χ3v) is 6.07. The van der Waals surface area contributed by atoms with E-state index in [1.807, 2.05) is 38.1 Å². The van der Waals surface area contributed by atoms with Crippen LogP contribution in [-0.4, -0.2) is 11.6 Å². The maximum atomic E-state index is 12.4. The highest BCUT2D eigenvalue weighted by molar-refractivity contribution is 6.00. The predicted molar refractivity (Wildman–Crippen MR) is 107 cm³/mol. The number of benzene rings is 2. The van der Waals surface area contributed by atoms with Crippen LogP contribution < -0.4 is 0 Å². The van der Waals surface area contributed by atoms with Crippen molar-refractivity contribution in [3.8, 4) is 17.2 Å². The van der Waals surface area contributed by atoms with Gasteiger partial charge in [-0.3, -0.25) is 9.59 Å². The van der Waals surface area contributed by atoms with Crippen molar-refractivity contribution in [3.05, 3.63) is 58.1 Å². The van der Waals surface area contributed by atoms with Crippen LogP contribution in [0.25, 0.3) is 11.1 Å². The molecule has 2 aromatic rings. The number of ketones is 2. The molecule has 0 fully saturated rings. The van der Waals surface area contributed by atoms with Gasteiger partial charge in [0.2, 0.25) is 0 Å². The SMILES string of the molecule is CCC(=O)c1ccc2c(c1)C(CC)(CC)c1cc(C(=O)CC)cc(C#N)c1-2. The van der Waals surface area contributed by atoms with Crippen molar-refractivity contribution in [2.75, 3.05) is 0 Å². The standard InChI is InChI=1S/C24H25NO2/c1-5-21(26)15-9-10-18-19(12-15)24(7-3,8-4)20-13-16(22(27)6-2)11-17(14-25)23(18)20/h9-13H,5-8H2,1-4H3. The lowest BCUT2D eigenvalue weighted by Crippen LogP contribution is -2.24. The Morgan fingerprint density at radius 1 is 0.889 bits per heavy atom. The number of carbonyl (C=O) groups excluding carboxylic acids is 2. The third kappa shape index (κ3) is 2.72. The number of rotatable bonds is 6. The van der Waals surface area contributed by atoms with Gasteiger partial charge in [-0.25, -0.2) is 0 Å². The second-order valence-corrected chi connectivity index (χ2v) is 7.16. The second-order valence-electron chi connectivity index (χ2n) is 7.16. The van der Waals surface area contributed by atoms with Gasteiger partial charge in [0.25, 0.3) is 0 Å². The third-order valence-electron chi connectivity index (χ3n) is 6.07. The van der Waals surface area contributed by atoms with Crippen molar-refractivity contribution in [2.45, 2.75) is 58.8 Å². The smallest absolute Gasteiger partial charge is 0.162 e. The maximum absolute atomic E-state index is 12.4. The zero-order valence-electron chi connectivity index (χ0n) is 16.5. The van der Waals surface area contributed by atoms with E-state index in [9.17, 15) is 14.9 Å². The lowest BCUT2D eigenvalue weighted by Gasteiger charge is -2.30. The molecule has 0 N–H and O–H groups in total. The lowest BCUT2D eigenvalue weighted by molar-refractivity contribution is 0.0980. The first-order valence-corrected chi connectivity index (χ1v) is 9.77. The summed E-state index contributed by atoms with van der Waals surface area (Å²) in [5.41, 5.74) is 5.72. The summed E-state index contributed by atoms with van der Waals surface area (Å²) in [5, 5.41) is 9.79. The normalized spacial score (nSPS) is 13.6. The van der Waals surface area contributed by atoms with Crippen molar-refractivity contribution in [2.24, 2.45) is 0 Å². The Morgan fingerprint density at radius 2 is 1.48 bits per heavy atom. The summed E-state index contributed by atoms with van der Waals surface area (Å²) in [6, 6.07) is 11.9. The van der Waals surface area contributed by atoms with Gasteiger partial charge < -0.3 is 0 Å². The molecule has 0 aromatic heterocycles. The first-order valence-electron chi connectivity index (χ1n) is 9.77. The van der Waals surface area contributed by atoms with E-state index in [-0.39, 0.29) is 17.0 Å². The van der Waals surface area contributed by atoms with Crippen LogP contribution in [-0.2, 0) is 5.41 Å². The van der Waals surface area contributed by atoms with E-state index in [1.165, 1.54) is 0 Å². The van der Waals surface area contributed by atoms with Crippen molar-refractivity contribution in [3.63, 3.8) is 0 Å². The summed E-state index contributed by atoms with van der Waals surface area (Å²) < 4.78 is 0. The number of nitriles is 1. The van der Waals surface area contributed by atoms with Gasteiger partial charge in [-0.15, -0.1) is 0 Å². The van der Waals surface area contributed by atoms with Gasteiger partial charge in [0.05, 0.1) is 11.6 Å². The highest BCUT2D eigenvalue weighted by atomic mass is 16.1. The first kappa shape index (κ1) is 19.0. The molecule has 0 amide bonds. The van der Waals surface area contributed by atoms with Crippen molar-refractivity contribution in [1.29, 1.82) is 5.26 Å². The second kappa shape index (κ2) is 7.12. The van der Waals surface area contributed by atoms with Crippen LogP contribution in [0.5, 0.6) is 0 Å². The molecule has 0 spiro atoms. The van der Waals surface area contributed by atoms with Crippen LogP contribution >= 0.6 is 0 Å². The molecule has 3 heteroatoms. The summed E-state index contributed by atoms with van der Waals surface area (Å²) in [6.07, 6.45) is 2.58. The Balaban J connectivity index is 2.37. The fourth-order valence-corrected chi connectivity index (χ4v) is 4.46. The minimum Gasteiger partial charge on any atom is -0.294 e. The predicted octanol–water partition coefficient (Wildman–Crippen LogP) is 5.83. The molecule has 3 nitrogen and oxygen atoms in total. The van der Waals surface area contributed by atoms with Crippen LogP contribution in [0, 0.1) is 11.3 Å². The molecule has 0 radical (unpaired) electrons. The van der Waals surface area contributed by atoms with Crippen LogP contribution in [0.15, 0.2) is 30.3 Å². The Morgan fingerprint density at radius 3 is 2.04 bits per heavy atom. The minimum atomic E-state index is -0.273. The van der Waals surface area contributed by atoms with Crippen LogP contribution in [0.4, 0.5) is 0 Å². The Labute approximate surface area is 161 Å². The first-order chi connectivity index (χ1) is 13.0. The van der Waals surface area contributed by atoms with Gasteiger partial charge in [-0.05, 0) is 47.7 Å². The minimum absolute atomic E-state index is 0.0493. The van der Waals surface area contributed by atoms with Gasteiger partial charge in [0.15, 0.2) is 11.6 Å². The number of carbonyl (C=O) groups is 2. The molecular weight excluding hydrogens is 334 g/mol. The van der Waals surface area contributed by atoms with E-state index in [2.05, 4.69) is 19.9 Å². The molecule has 27 heavy (non-hydrogen) atoms. The Hall–Kier alpha value is -2.73. The van der Waals surface area contributed by atoms with E-state index < -0.39 is 0 Å². The molecule has 2 aromatic carbocycles. The summed E-state index contributed by atoms with van der Waals surface area (Å²) in [7, 11) is 0. The van der Waals surface area contributed by atoms with E-state index in [0.717, 1.165) is 40.7 Å². The fourth-order valence-electron chi connectivity index (χ4n) is 4.46. The van der Waals surface area contributed by atoms with Crippen LogP contribution in [0.2, 0.25) is 0 Å². The van der Waals surface area contributed by atoms with Gasteiger partial charge in [-0.2, -0.15) is 5.26 Å². The summed E-state index contributed by atoms with van der Waals surface area (Å²) >= 11 is 0. The van der Waals surface area contributed by atoms with Crippen molar-refractivity contribution in [1.82, 2.24) is 0 Å². The molecule has 0 aliphatic heterocycles. The Bertz CT molecular complexity index is 975. The highest BCUT2D eigenvalue weighted by Gasteiger charge is 2.42. The number of hydrogen-bond acceptors (Lipinski definition) is 3. The number of fused-ring (bicyclic) bond motifs is 3. The quantitative estimate of drug-likeness (QED) is 0.610. The lowest BCUT2D eigenvalue weighted by atomic mass is 9.73. The van der Waals surface area contributed by atoms with Crippen molar-refractivity contribution < 1.29 is 9.59 Å². The molecule has 0 heterocycles. The van der Waals surface area contributed by atoms with Gasteiger partial charge in [0.1, 0.15) is 0 Å². The largest absolute Gasteiger partial charge is 0.294 e. The van der Waals surface area contributed by atoms with Crippen molar-refractivity contribution >= 4 is 11.6 Å². The van der Waals surface area contributed by atoms with E-state index in [0.29, 0.717) is 24.0 Å². The summed E-state index contributed by atoms with van der Waals surface area (Å²) in [4.78, 5) is 24.7. The zero-order valence-corrected chi connectivity index (χ0v) is 16.5. The van der Waals surface area contributed by atoms with Gasteiger partial charge in [0, 0.05) is 34.9 Å². The molecular formula is C24H25NO2. The van der Waals surface area contributed by atoms with E-state index in [4.69, 9.17) is 0 Å². The maximum Gasteiger partial charge on any atom is 0.162 e. The molecule has 0 bridgehead atoms. The molecule has 1 aliphatic rings. The van der Waals surface area contributed by atoms with Crippen LogP contribution in [0.3, 0.4) is 0 Å². The topological polar surface area (TPSA) is 57.9 Å². The van der Waals surface area contributed by atoms with Gasteiger partial charge in [-0.1, -0.05) is 39.8 Å². The number of Topliss-reactive ketones (excluding diaryl/α,β-unsaturated/α-hetero) is 2. The highest BCUT2D eigenvalue weighted by Crippen LogP contribution is 2.54. The average molecular weight is 359 g/mol. The molecule has 138 valence electrons. The summed E-state index contributed by atoms with van der Waals surface area (Å²) in [6.45, 7) is 7.98. The average Bonchev–Trinajstić information content (AvgIpc) is 3.01. The number of nitrogens with zero attached hydrogens (tertiary/aromatic N) is 1. The van der Waals surface area contributed by atoms with Crippen LogP contribution in [0.1, 0.15) is 90.8 Å². The molecule has 0 saturated carbocycles. The molecule has 0 unspecified atom stereocenters.